The molecule has 2 nitrogen and oxygen atoms in total. The normalized spacial score (nSPS) is 14.5. The summed E-state index contributed by atoms with van der Waals surface area (Å²) in [6, 6.07) is 5.80. The van der Waals surface area contributed by atoms with Crippen molar-refractivity contribution in [2.45, 2.75) is 12.8 Å². The first-order valence-corrected chi connectivity index (χ1v) is 5.20. The van der Waals surface area contributed by atoms with Crippen LogP contribution in [0.3, 0.4) is 0 Å². The Morgan fingerprint density at radius 2 is 2.21 bits per heavy atom. The van der Waals surface area contributed by atoms with Crippen LogP contribution in [0.1, 0.15) is 17.5 Å². The molecule has 0 saturated carbocycles. The smallest absolute Gasteiger partial charge is 0.335 e. The quantitative estimate of drug-likeness (QED) is 0.835. The maximum atomic E-state index is 10.9. The van der Waals surface area contributed by atoms with Gasteiger partial charge < -0.3 is 5.11 Å². The molecular formula is C11H9BrO2. The molecule has 0 heterocycles. The summed E-state index contributed by atoms with van der Waals surface area (Å²) in [5.74, 6) is -0.843. The van der Waals surface area contributed by atoms with Gasteiger partial charge in [0.15, 0.2) is 0 Å². The van der Waals surface area contributed by atoms with E-state index in [0.29, 0.717) is 5.57 Å². The molecule has 72 valence electrons. The molecule has 1 aromatic carbocycles. The minimum atomic E-state index is -0.843. The molecule has 0 aromatic heterocycles. The molecule has 2 rings (SSSR count). The van der Waals surface area contributed by atoms with Gasteiger partial charge in [0.1, 0.15) is 0 Å². The van der Waals surface area contributed by atoms with Crippen molar-refractivity contribution >= 4 is 27.5 Å². The molecule has 1 N–H and O–H groups in total. The molecule has 1 aromatic rings. The first-order valence-electron chi connectivity index (χ1n) is 4.41. The second kappa shape index (κ2) is 3.58. The van der Waals surface area contributed by atoms with E-state index >= 15 is 0 Å². The van der Waals surface area contributed by atoms with E-state index in [1.807, 2.05) is 18.2 Å². The summed E-state index contributed by atoms with van der Waals surface area (Å²) in [4.78, 5) is 10.9. The Labute approximate surface area is 90.4 Å². The van der Waals surface area contributed by atoms with Crippen LogP contribution in [0.5, 0.6) is 0 Å². The van der Waals surface area contributed by atoms with Crippen LogP contribution >= 0.6 is 15.9 Å². The number of halogens is 1. The topological polar surface area (TPSA) is 37.3 Å². The van der Waals surface area contributed by atoms with Crippen molar-refractivity contribution < 1.29 is 9.90 Å². The molecule has 14 heavy (non-hydrogen) atoms. The maximum Gasteiger partial charge on any atom is 0.335 e. The van der Waals surface area contributed by atoms with E-state index in [1.54, 1.807) is 6.08 Å². The van der Waals surface area contributed by atoms with Gasteiger partial charge in [-0.05, 0) is 36.1 Å². The average molecular weight is 253 g/mol. The Morgan fingerprint density at radius 1 is 1.43 bits per heavy atom. The van der Waals surface area contributed by atoms with Crippen LogP contribution in [0.25, 0.3) is 5.57 Å². The van der Waals surface area contributed by atoms with Gasteiger partial charge >= 0.3 is 5.97 Å². The summed E-state index contributed by atoms with van der Waals surface area (Å²) < 4.78 is 0.922. The lowest BCUT2D eigenvalue weighted by molar-refractivity contribution is -0.130. The standard InChI is InChI=1S/C11H9BrO2/c12-8-5-4-7-2-1-3-9(11(13)14)10(7)6-8/h3-6H,1-2H2,(H,13,14). The summed E-state index contributed by atoms with van der Waals surface area (Å²) in [5.41, 5.74) is 2.39. The number of rotatable bonds is 1. The third kappa shape index (κ3) is 1.60. The summed E-state index contributed by atoms with van der Waals surface area (Å²) >= 11 is 3.35. The Morgan fingerprint density at radius 3 is 2.93 bits per heavy atom. The van der Waals surface area contributed by atoms with Crippen LogP contribution in [0.4, 0.5) is 0 Å². The van der Waals surface area contributed by atoms with Gasteiger partial charge in [-0.3, -0.25) is 0 Å². The molecule has 1 aliphatic rings. The number of carboxylic acid groups (broad SMARTS) is 1. The monoisotopic (exact) mass is 252 g/mol. The number of carbonyl (C=O) groups is 1. The Bertz CT molecular complexity index is 421. The average Bonchev–Trinajstić information content (AvgIpc) is 2.16. The van der Waals surface area contributed by atoms with E-state index < -0.39 is 5.97 Å². The number of hydrogen-bond donors (Lipinski definition) is 1. The fourth-order valence-electron chi connectivity index (χ4n) is 1.70. The van der Waals surface area contributed by atoms with Gasteiger partial charge in [0.05, 0.1) is 5.57 Å². The third-order valence-corrected chi connectivity index (χ3v) is 2.85. The predicted octanol–water partition coefficient (Wildman–Crippen LogP) is 2.86. The lowest BCUT2D eigenvalue weighted by Gasteiger charge is -2.14. The van der Waals surface area contributed by atoms with Gasteiger partial charge in [0.25, 0.3) is 0 Å². The summed E-state index contributed by atoms with van der Waals surface area (Å²) in [6.45, 7) is 0. The Balaban J connectivity index is 2.56. The molecule has 0 amide bonds. The number of allylic oxidation sites excluding steroid dienone is 1. The summed E-state index contributed by atoms with van der Waals surface area (Å²) in [5, 5.41) is 8.99. The van der Waals surface area contributed by atoms with Gasteiger partial charge in [-0.1, -0.05) is 28.1 Å². The molecule has 0 aliphatic heterocycles. The zero-order valence-electron chi connectivity index (χ0n) is 7.46. The van der Waals surface area contributed by atoms with Crippen LogP contribution in [0, 0.1) is 0 Å². The van der Waals surface area contributed by atoms with Gasteiger partial charge in [0, 0.05) is 4.47 Å². The molecule has 0 atom stereocenters. The molecule has 0 fully saturated rings. The van der Waals surface area contributed by atoms with Crippen molar-refractivity contribution in [3.63, 3.8) is 0 Å². The highest BCUT2D eigenvalue weighted by Gasteiger charge is 2.17. The molecule has 0 bridgehead atoms. The highest BCUT2D eigenvalue weighted by atomic mass is 79.9. The van der Waals surface area contributed by atoms with Crippen molar-refractivity contribution in [3.05, 3.63) is 39.9 Å². The number of hydrogen-bond acceptors (Lipinski definition) is 1. The maximum absolute atomic E-state index is 10.9. The highest BCUT2D eigenvalue weighted by molar-refractivity contribution is 9.10. The summed E-state index contributed by atoms with van der Waals surface area (Å²) in [7, 11) is 0. The predicted molar refractivity (Wildman–Crippen MR) is 58.1 cm³/mol. The molecule has 0 unspecified atom stereocenters. The molecule has 3 heteroatoms. The minimum absolute atomic E-state index is 0.424. The molecular weight excluding hydrogens is 244 g/mol. The molecule has 1 aliphatic carbocycles. The highest BCUT2D eigenvalue weighted by Crippen LogP contribution is 2.29. The van der Waals surface area contributed by atoms with Gasteiger partial charge in [-0.25, -0.2) is 4.79 Å². The Hall–Kier alpha value is -1.09. The number of benzene rings is 1. The number of aryl methyl sites for hydroxylation is 1. The van der Waals surface area contributed by atoms with Crippen molar-refractivity contribution in [1.82, 2.24) is 0 Å². The fraction of sp³-hybridized carbons (Fsp3) is 0.182. The number of carboxylic acids is 1. The molecule has 0 spiro atoms. The van der Waals surface area contributed by atoms with Crippen molar-refractivity contribution in [2.24, 2.45) is 0 Å². The van der Waals surface area contributed by atoms with Crippen LogP contribution in [-0.4, -0.2) is 11.1 Å². The van der Waals surface area contributed by atoms with Crippen LogP contribution < -0.4 is 0 Å². The first-order chi connectivity index (χ1) is 6.68. The largest absolute Gasteiger partial charge is 0.478 e. The summed E-state index contributed by atoms with van der Waals surface area (Å²) in [6.07, 6.45) is 3.53. The fourth-order valence-corrected chi connectivity index (χ4v) is 2.06. The second-order valence-electron chi connectivity index (χ2n) is 3.26. The van der Waals surface area contributed by atoms with Gasteiger partial charge in [-0.2, -0.15) is 0 Å². The van der Waals surface area contributed by atoms with Gasteiger partial charge in [0.2, 0.25) is 0 Å². The Kier molecular flexibility index (Phi) is 2.42. The SMILES string of the molecule is O=C(O)C1=CCCc2ccc(Br)cc21. The molecule has 0 saturated heterocycles. The minimum Gasteiger partial charge on any atom is -0.478 e. The van der Waals surface area contributed by atoms with Crippen LogP contribution in [0.2, 0.25) is 0 Å². The van der Waals surface area contributed by atoms with Gasteiger partial charge in [-0.15, -0.1) is 0 Å². The lowest BCUT2D eigenvalue weighted by atomic mass is 9.91. The zero-order chi connectivity index (χ0) is 10.1. The van der Waals surface area contributed by atoms with E-state index in [0.717, 1.165) is 28.4 Å². The van der Waals surface area contributed by atoms with E-state index in [9.17, 15) is 4.79 Å². The van der Waals surface area contributed by atoms with Crippen LogP contribution in [-0.2, 0) is 11.2 Å². The van der Waals surface area contributed by atoms with E-state index in [-0.39, 0.29) is 0 Å². The lowest BCUT2D eigenvalue weighted by Crippen LogP contribution is -2.07. The van der Waals surface area contributed by atoms with Crippen molar-refractivity contribution in [1.29, 1.82) is 0 Å². The second-order valence-corrected chi connectivity index (χ2v) is 4.18. The third-order valence-electron chi connectivity index (χ3n) is 2.35. The number of fused-ring (bicyclic) bond motifs is 1. The zero-order valence-corrected chi connectivity index (χ0v) is 9.04. The number of aliphatic carboxylic acids is 1. The van der Waals surface area contributed by atoms with E-state index in [1.165, 1.54) is 0 Å². The molecule has 0 radical (unpaired) electrons. The van der Waals surface area contributed by atoms with Crippen LogP contribution in [0.15, 0.2) is 28.7 Å². The van der Waals surface area contributed by atoms with E-state index in [2.05, 4.69) is 15.9 Å². The van der Waals surface area contributed by atoms with Crippen molar-refractivity contribution in [2.75, 3.05) is 0 Å². The van der Waals surface area contributed by atoms with Crippen molar-refractivity contribution in [3.8, 4) is 0 Å². The van der Waals surface area contributed by atoms with E-state index in [4.69, 9.17) is 5.11 Å². The first kappa shape index (κ1) is 9.46.